The Labute approximate surface area is 231 Å². The van der Waals surface area contributed by atoms with Crippen molar-refractivity contribution in [2.75, 3.05) is 18.5 Å². The van der Waals surface area contributed by atoms with E-state index in [4.69, 9.17) is 4.74 Å². The lowest BCUT2D eigenvalue weighted by atomic mass is 9.85. The Morgan fingerprint density at radius 2 is 1.78 bits per heavy atom. The highest BCUT2D eigenvalue weighted by atomic mass is 19.4. The second-order valence-electron chi connectivity index (χ2n) is 9.17. The Kier molecular flexibility index (Phi) is 8.09. The smallest absolute Gasteiger partial charge is 0.493 e. The minimum atomic E-state index is -5.29. The van der Waals surface area contributed by atoms with E-state index in [-0.39, 0.29) is 6.42 Å². The number of nitrogens with zero attached hydrogens (tertiary/aromatic N) is 1. The van der Waals surface area contributed by atoms with E-state index in [1.165, 1.54) is 0 Å². The van der Waals surface area contributed by atoms with Gasteiger partial charge in [0.15, 0.2) is 5.95 Å². The quantitative estimate of drug-likeness (QED) is 0.108. The molecule has 0 spiro atoms. The number of carbonyl (C=O) groups is 2. The minimum absolute atomic E-state index is 0.382. The maximum Gasteiger partial charge on any atom is 0.495 e. The Bertz CT molecular complexity index is 1640. The van der Waals surface area contributed by atoms with Crippen molar-refractivity contribution in [3.8, 4) is 5.75 Å². The number of hydrogen-bond donors (Lipinski definition) is 3. The number of halogens is 3. The lowest BCUT2D eigenvalue weighted by Crippen LogP contribution is -2.27. The number of aromatic nitrogens is 3. The van der Waals surface area contributed by atoms with Gasteiger partial charge in [0.05, 0.1) is 13.0 Å². The van der Waals surface area contributed by atoms with Gasteiger partial charge in [0.2, 0.25) is 0 Å². The van der Waals surface area contributed by atoms with E-state index < -0.39 is 24.0 Å². The van der Waals surface area contributed by atoms with Gasteiger partial charge in [-0.05, 0) is 40.5 Å². The fourth-order valence-electron chi connectivity index (χ4n) is 4.61. The molecule has 0 aliphatic heterocycles. The van der Waals surface area contributed by atoms with Gasteiger partial charge in [-0.15, -0.1) is 0 Å². The highest BCUT2D eigenvalue weighted by Gasteiger charge is 2.43. The second-order valence-corrected chi connectivity index (χ2v) is 9.17. The molecule has 0 amide bonds. The molecule has 3 N–H and O–H groups in total. The number of carbonyl (C=O) groups excluding carboxylic acids is 2. The van der Waals surface area contributed by atoms with Gasteiger partial charge in [0.1, 0.15) is 5.75 Å². The summed E-state index contributed by atoms with van der Waals surface area (Å²) in [4.78, 5) is 41.9. The van der Waals surface area contributed by atoms with Crippen molar-refractivity contribution in [1.82, 2.24) is 15.0 Å². The number of H-pyrrole nitrogens is 2. The Balaban J connectivity index is 1.36. The van der Waals surface area contributed by atoms with Crippen LogP contribution in [-0.2, 0) is 19.4 Å². The van der Waals surface area contributed by atoms with Gasteiger partial charge < -0.3 is 20.0 Å². The number of aromatic amines is 2. The first-order valence-corrected chi connectivity index (χ1v) is 12.7. The van der Waals surface area contributed by atoms with Crippen molar-refractivity contribution in [3.63, 3.8) is 0 Å². The molecule has 3 aromatic carbocycles. The van der Waals surface area contributed by atoms with E-state index in [9.17, 15) is 22.8 Å². The zero-order chi connectivity index (χ0) is 28.8. The van der Waals surface area contributed by atoms with Crippen molar-refractivity contribution in [2.45, 2.75) is 24.9 Å². The van der Waals surface area contributed by atoms with Crippen LogP contribution in [0.15, 0.2) is 79.3 Å². The molecule has 12 heteroatoms. The number of fused-ring (bicyclic) bond motifs is 2. The second kappa shape index (κ2) is 12.0. The molecule has 2 heterocycles. The Morgan fingerprint density at radius 3 is 2.59 bits per heavy atom. The van der Waals surface area contributed by atoms with Gasteiger partial charge >= 0.3 is 18.1 Å². The molecule has 41 heavy (non-hydrogen) atoms. The van der Waals surface area contributed by atoms with Crippen LogP contribution in [0.2, 0.25) is 0 Å². The predicted octanol–water partition coefficient (Wildman–Crippen LogP) is 6.01. The molecule has 0 saturated carbocycles. The molecule has 0 aliphatic rings. The summed E-state index contributed by atoms with van der Waals surface area (Å²) in [7, 11) is 0. The number of hydrogen-bond acceptors (Lipinski definition) is 7. The zero-order valence-electron chi connectivity index (χ0n) is 21.5. The molecule has 9 nitrogen and oxygen atoms in total. The van der Waals surface area contributed by atoms with Gasteiger partial charge in [-0.25, -0.2) is 24.3 Å². The molecule has 2 aromatic heterocycles. The van der Waals surface area contributed by atoms with Crippen molar-refractivity contribution in [3.05, 3.63) is 90.4 Å². The molecule has 0 aliphatic carbocycles. The number of alkyl halides is 3. The van der Waals surface area contributed by atoms with E-state index in [1.54, 1.807) is 18.6 Å². The molecule has 212 valence electrons. The van der Waals surface area contributed by atoms with Crippen LogP contribution >= 0.6 is 0 Å². The van der Waals surface area contributed by atoms with Crippen molar-refractivity contribution >= 4 is 39.6 Å². The van der Waals surface area contributed by atoms with Crippen LogP contribution < -0.4 is 10.1 Å². The first kappa shape index (κ1) is 27.6. The largest absolute Gasteiger partial charge is 0.495 e. The van der Waals surface area contributed by atoms with Crippen LogP contribution in [0.25, 0.3) is 21.7 Å². The van der Waals surface area contributed by atoms with Gasteiger partial charge in [-0.3, -0.25) is 0 Å². The summed E-state index contributed by atoms with van der Waals surface area (Å²) in [6, 6.07) is 18.6. The third kappa shape index (κ3) is 6.60. The first-order chi connectivity index (χ1) is 19.8. The lowest BCUT2D eigenvalue weighted by Gasteiger charge is -2.18. The molecular weight excluding hydrogens is 541 g/mol. The molecule has 0 fully saturated rings. The molecule has 0 radical (unpaired) electrons. The van der Waals surface area contributed by atoms with E-state index in [1.807, 2.05) is 60.7 Å². The molecule has 0 bridgehead atoms. The minimum Gasteiger partial charge on any atom is -0.493 e. The lowest BCUT2D eigenvalue weighted by molar-refractivity contribution is -0.285. The SMILES string of the molecule is O=C(CC(c1cccc2ccccc12)c1c[nH]c2cc(OCCCNc3ncc[nH]3)ccc12)OOC(=O)C(F)(F)F. The fourth-order valence-corrected chi connectivity index (χ4v) is 4.61. The van der Waals surface area contributed by atoms with Crippen LogP contribution in [0, 0.1) is 0 Å². The monoisotopic (exact) mass is 566 g/mol. The summed E-state index contributed by atoms with van der Waals surface area (Å²) in [5.74, 6) is -3.04. The molecule has 5 aromatic rings. The summed E-state index contributed by atoms with van der Waals surface area (Å²) in [6.07, 6.45) is 0.196. The predicted molar refractivity (Wildman–Crippen MR) is 144 cm³/mol. The summed E-state index contributed by atoms with van der Waals surface area (Å²) in [5, 5.41) is 5.71. The molecule has 1 unspecified atom stereocenters. The van der Waals surface area contributed by atoms with Crippen molar-refractivity contribution < 1.29 is 37.3 Å². The molecule has 0 saturated heterocycles. The number of rotatable bonds is 10. The molecule has 5 rings (SSSR count). The average molecular weight is 567 g/mol. The van der Waals surface area contributed by atoms with E-state index >= 15 is 0 Å². The summed E-state index contributed by atoms with van der Waals surface area (Å²) in [6.45, 7) is 1.14. The van der Waals surface area contributed by atoms with Crippen molar-refractivity contribution in [1.29, 1.82) is 0 Å². The van der Waals surface area contributed by atoms with Gasteiger partial charge in [0.25, 0.3) is 0 Å². The van der Waals surface area contributed by atoms with Crippen LogP contribution in [0.4, 0.5) is 19.1 Å². The first-order valence-electron chi connectivity index (χ1n) is 12.7. The number of imidazole rings is 1. The highest BCUT2D eigenvalue weighted by molar-refractivity contribution is 5.91. The van der Waals surface area contributed by atoms with E-state index in [2.05, 4.69) is 30.0 Å². The number of benzene rings is 3. The normalized spacial score (nSPS) is 12.3. The number of nitrogens with one attached hydrogen (secondary N) is 3. The van der Waals surface area contributed by atoms with Gasteiger partial charge in [-0.1, -0.05) is 42.5 Å². The highest BCUT2D eigenvalue weighted by Crippen LogP contribution is 2.38. The zero-order valence-corrected chi connectivity index (χ0v) is 21.5. The van der Waals surface area contributed by atoms with Crippen LogP contribution in [0.5, 0.6) is 5.75 Å². The summed E-state index contributed by atoms with van der Waals surface area (Å²) < 4.78 is 43.4. The summed E-state index contributed by atoms with van der Waals surface area (Å²) >= 11 is 0. The average Bonchev–Trinajstić information content (AvgIpc) is 3.64. The third-order valence-corrected chi connectivity index (χ3v) is 6.45. The Hall–Kier alpha value is -5.00. The van der Waals surface area contributed by atoms with Gasteiger partial charge in [-0.2, -0.15) is 13.2 Å². The maximum atomic E-state index is 12.6. The standard InChI is InChI=1S/C29H25F3N4O5/c30-29(31,32)27(38)41-40-26(37)16-23(21-8-3-6-18-5-1-2-7-20(18)21)24-17-36-25-15-19(9-10-22(24)25)39-14-4-11-33-28-34-12-13-35-28/h1-3,5-10,12-13,15,17,23,36H,4,11,14,16H2,(H2,33,34,35). The van der Waals surface area contributed by atoms with Crippen molar-refractivity contribution in [2.24, 2.45) is 0 Å². The topological polar surface area (TPSA) is 118 Å². The molecular formula is C29H25F3N4O5. The van der Waals surface area contributed by atoms with Crippen LogP contribution in [0.1, 0.15) is 29.9 Å². The van der Waals surface area contributed by atoms with Gasteiger partial charge in [0, 0.05) is 48.0 Å². The van der Waals surface area contributed by atoms with Crippen LogP contribution in [-0.4, -0.2) is 46.2 Å². The third-order valence-electron chi connectivity index (χ3n) is 6.45. The number of ether oxygens (including phenoxy) is 1. The van der Waals surface area contributed by atoms with E-state index in [0.717, 1.165) is 33.7 Å². The maximum absolute atomic E-state index is 12.6. The number of anilines is 1. The van der Waals surface area contributed by atoms with E-state index in [0.29, 0.717) is 30.4 Å². The van der Waals surface area contributed by atoms with Crippen LogP contribution in [0.3, 0.4) is 0 Å². The molecule has 1 atom stereocenters. The fraction of sp³-hybridized carbons (Fsp3) is 0.207. The Morgan fingerprint density at radius 1 is 0.951 bits per heavy atom. The summed E-state index contributed by atoms with van der Waals surface area (Å²) in [5.41, 5.74) is 2.21.